The molecule has 5 rings (SSSR count). The molecule has 0 aliphatic carbocycles. The number of nitrogens with one attached hydrogen (secondary N) is 3. The predicted octanol–water partition coefficient (Wildman–Crippen LogP) is 5.18. The second kappa shape index (κ2) is 22.4. The lowest BCUT2D eigenvalue weighted by molar-refractivity contribution is -0.148. The van der Waals surface area contributed by atoms with Gasteiger partial charge in [-0.1, -0.05) is 115 Å². The maximum atomic E-state index is 13.7. The number of aliphatic hydroxyl groups is 1. The van der Waals surface area contributed by atoms with Crippen LogP contribution in [0, 0.1) is 5.92 Å². The molecule has 1 aliphatic rings. The Bertz CT molecular complexity index is 1840. The summed E-state index contributed by atoms with van der Waals surface area (Å²) in [6.45, 7) is 0.203. The van der Waals surface area contributed by atoms with Crippen LogP contribution in [0.5, 0.6) is 5.75 Å². The molecule has 0 aromatic heterocycles. The quantitative estimate of drug-likeness (QED) is 0.0891. The number of aliphatic hydroxyl groups excluding tert-OH is 1. The van der Waals surface area contributed by atoms with E-state index in [4.69, 9.17) is 18.9 Å². The van der Waals surface area contributed by atoms with E-state index in [1.165, 1.54) is 0 Å². The van der Waals surface area contributed by atoms with Crippen molar-refractivity contribution in [3.8, 4) is 5.75 Å². The Morgan fingerprint density at radius 3 is 2.02 bits per heavy atom. The number of carbonyl (C=O) groups excluding carboxylic acids is 4. The molecule has 12 heteroatoms. The summed E-state index contributed by atoms with van der Waals surface area (Å²) in [6.07, 6.45) is 3.02. The van der Waals surface area contributed by atoms with Gasteiger partial charge in [-0.05, 0) is 53.6 Å². The van der Waals surface area contributed by atoms with Gasteiger partial charge in [0.2, 0.25) is 11.8 Å². The topological polar surface area (TPSA) is 162 Å². The fraction of sp³-hybridized carbons (Fsp3) is 0.318. The van der Waals surface area contributed by atoms with Crippen molar-refractivity contribution in [3.63, 3.8) is 0 Å². The summed E-state index contributed by atoms with van der Waals surface area (Å²) in [6, 6.07) is 33.5. The summed E-state index contributed by atoms with van der Waals surface area (Å²) in [5, 5.41) is 18.5. The van der Waals surface area contributed by atoms with Crippen LogP contribution in [0.4, 0.5) is 4.79 Å². The van der Waals surface area contributed by atoms with Crippen LogP contribution in [0.15, 0.2) is 127 Å². The number of hydrogen-bond donors (Lipinski definition) is 4. The van der Waals surface area contributed by atoms with Gasteiger partial charge in [-0.2, -0.15) is 0 Å². The van der Waals surface area contributed by atoms with Crippen LogP contribution >= 0.6 is 0 Å². The van der Waals surface area contributed by atoms with Gasteiger partial charge in [0.05, 0.1) is 37.8 Å². The van der Waals surface area contributed by atoms with Gasteiger partial charge in [0, 0.05) is 6.42 Å². The van der Waals surface area contributed by atoms with Crippen LogP contribution in [0.2, 0.25) is 0 Å². The molecule has 4 aromatic carbocycles. The van der Waals surface area contributed by atoms with Crippen LogP contribution in [-0.2, 0) is 54.8 Å². The Balaban J connectivity index is 1.19. The van der Waals surface area contributed by atoms with Gasteiger partial charge in [-0.3, -0.25) is 9.59 Å². The molecular formula is C44H49N3O9. The van der Waals surface area contributed by atoms with E-state index in [2.05, 4.69) is 16.0 Å². The van der Waals surface area contributed by atoms with E-state index in [0.29, 0.717) is 18.8 Å². The number of cyclic esters (lactones) is 1. The zero-order valence-corrected chi connectivity index (χ0v) is 31.2. The van der Waals surface area contributed by atoms with Gasteiger partial charge in [-0.15, -0.1) is 0 Å². The van der Waals surface area contributed by atoms with Crippen molar-refractivity contribution in [2.75, 3.05) is 19.8 Å². The first-order valence-electron chi connectivity index (χ1n) is 18.7. The third kappa shape index (κ3) is 14.3. The molecule has 4 unspecified atom stereocenters. The number of allylic oxidation sites excluding steroid dienone is 1. The SMILES string of the molecule is O=C(CC1CC=CCC(NC(=O)OCc2ccccc2)C(=O)OCC(COCc2ccccc2)NC1=O)NC(CO)Cc1ccc(OCc2ccccc2)cc1. The van der Waals surface area contributed by atoms with E-state index in [0.717, 1.165) is 22.3 Å². The molecule has 0 saturated carbocycles. The molecule has 0 bridgehead atoms. The van der Waals surface area contributed by atoms with Crippen molar-refractivity contribution in [2.45, 2.75) is 63.6 Å². The zero-order chi connectivity index (χ0) is 39.4. The molecule has 1 heterocycles. The standard InChI is InChI=1S/C44H49N3O9/c48-26-37(24-32-20-22-39(23-21-32)54-28-34-14-6-2-7-15-34)45-41(49)25-36-18-10-11-19-40(47-44(52)56-29-35-16-8-3-9-17-35)43(51)55-31-38(46-42(36)50)30-53-27-33-12-4-1-5-13-33/h1-17,20-23,36-38,40,48H,18-19,24-31H2,(H,45,49)(H,46,50)(H,47,52). The minimum atomic E-state index is -1.06. The average molecular weight is 764 g/mol. The third-order valence-electron chi connectivity index (χ3n) is 8.99. The van der Waals surface area contributed by atoms with Crippen LogP contribution in [0.25, 0.3) is 0 Å². The molecule has 4 aromatic rings. The number of ether oxygens (including phenoxy) is 4. The number of amides is 3. The fourth-order valence-corrected chi connectivity index (χ4v) is 5.94. The zero-order valence-electron chi connectivity index (χ0n) is 31.2. The van der Waals surface area contributed by atoms with Crippen LogP contribution < -0.4 is 20.7 Å². The molecule has 56 heavy (non-hydrogen) atoms. The molecule has 0 fully saturated rings. The van der Waals surface area contributed by atoms with E-state index in [1.54, 1.807) is 12.2 Å². The highest BCUT2D eigenvalue weighted by atomic mass is 16.6. The molecule has 0 radical (unpaired) electrons. The number of carbonyl (C=O) groups is 4. The summed E-state index contributed by atoms with van der Waals surface area (Å²) in [4.78, 5) is 52.9. The van der Waals surface area contributed by atoms with Crippen molar-refractivity contribution in [1.29, 1.82) is 0 Å². The maximum Gasteiger partial charge on any atom is 0.408 e. The molecule has 4 atom stereocenters. The molecule has 0 saturated heterocycles. The molecule has 0 spiro atoms. The second-order valence-electron chi connectivity index (χ2n) is 13.5. The number of hydrogen-bond acceptors (Lipinski definition) is 9. The average Bonchev–Trinajstić information content (AvgIpc) is 3.22. The van der Waals surface area contributed by atoms with Gasteiger partial charge in [0.15, 0.2) is 0 Å². The molecule has 12 nitrogen and oxygen atoms in total. The molecule has 294 valence electrons. The van der Waals surface area contributed by atoms with Crippen molar-refractivity contribution < 1.29 is 43.2 Å². The van der Waals surface area contributed by atoms with Crippen molar-refractivity contribution in [3.05, 3.63) is 150 Å². The molecule has 1 aliphatic heterocycles. The summed E-state index contributed by atoms with van der Waals surface area (Å²) in [5.74, 6) is -1.61. The summed E-state index contributed by atoms with van der Waals surface area (Å²) in [5.41, 5.74) is 3.66. The fourth-order valence-electron chi connectivity index (χ4n) is 5.94. The largest absolute Gasteiger partial charge is 0.489 e. The Labute approximate surface area is 327 Å². The van der Waals surface area contributed by atoms with Crippen molar-refractivity contribution in [1.82, 2.24) is 16.0 Å². The first-order valence-corrected chi connectivity index (χ1v) is 18.7. The highest BCUT2D eigenvalue weighted by Gasteiger charge is 2.28. The summed E-state index contributed by atoms with van der Waals surface area (Å²) < 4.78 is 22.7. The molecule has 3 amide bonds. The van der Waals surface area contributed by atoms with Gasteiger partial charge < -0.3 is 40.0 Å². The van der Waals surface area contributed by atoms with Crippen LogP contribution in [0.1, 0.15) is 41.5 Å². The van der Waals surface area contributed by atoms with Gasteiger partial charge in [0.25, 0.3) is 0 Å². The Morgan fingerprint density at radius 1 is 0.768 bits per heavy atom. The minimum absolute atomic E-state index is 0.0164. The third-order valence-corrected chi connectivity index (χ3v) is 8.99. The van der Waals surface area contributed by atoms with Crippen LogP contribution in [-0.4, -0.2) is 66.9 Å². The summed E-state index contributed by atoms with van der Waals surface area (Å²) in [7, 11) is 0. The predicted molar refractivity (Wildman–Crippen MR) is 209 cm³/mol. The second-order valence-corrected chi connectivity index (χ2v) is 13.5. The van der Waals surface area contributed by atoms with Gasteiger partial charge >= 0.3 is 12.1 Å². The monoisotopic (exact) mass is 763 g/mol. The van der Waals surface area contributed by atoms with Crippen molar-refractivity contribution >= 4 is 23.9 Å². The minimum Gasteiger partial charge on any atom is -0.489 e. The number of rotatable bonds is 16. The highest BCUT2D eigenvalue weighted by Crippen LogP contribution is 2.17. The lowest BCUT2D eigenvalue weighted by Gasteiger charge is -2.25. The van der Waals surface area contributed by atoms with E-state index >= 15 is 0 Å². The van der Waals surface area contributed by atoms with Gasteiger partial charge in [0.1, 0.15) is 31.6 Å². The number of benzene rings is 4. The maximum absolute atomic E-state index is 13.7. The molecule has 4 N–H and O–H groups in total. The smallest absolute Gasteiger partial charge is 0.408 e. The lowest BCUT2D eigenvalue weighted by atomic mass is 9.97. The Kier molecular flexibility index (Phi) is 16.5. The van der Waals surface area contributed by atoms with Gasteiger partial charge in [-0.25, -0.2) is 9.59 Å². The first kappa shape index (κ1) is 41.2. The van der Waals surface area contributed by atoms with E-state index < -0.39 is 47.9 Å². The summed E-state index contributed by atoms with van der Waals surface area (Å²) >= 11 is 0. The van der Waals surface area contributed by atoms with Crippen LogP contribution in [0.3, 0.4) is 0 Å². The number of esters is 1. The van der Waals surface area contributed by atoms with Crippen molar-refractivity contribution in [2.24, 2.45) is 5.92 Å². The highest BCUT2D eigenvalue weighted by molar-refractivity contribution is 5.86. The first-order chi connectivity index (χ1) is 27.3. The molecular weight excluding hydrogens is 714 g/mol. The van der Waals surface area contributed by atoms with E-state index in [1.807, 2.05) is 115 Å². The Hall–Kier alpha value is -5.98. The number of alkyl carbamates (subject to hydrolysis) is 1. The van der Waals surface area contributed by atoms with E-state index in [9.17, 15) is 24.3 Å². The normalized spacial score (nSPS) is 17.9. The lowest BCUT2D eigenvalue weighted by Crippen LogP contribution is -2.48. The van der Waals surface area contributed by atoms with E-state index in [-0.39, 0.29) is 52.3 Å². The Morgan fingerprint density at radius 2 is 1.38 bits per heavy atom.